The Labute approximate surface area is 285 Å². The van der Waals surface area contributed by atoms with Gasteiger partial charge in [-0.3, -0.25) is 4.79 Å². The second-order valence-electron chi connectivity index (χ2n) is 11.2. The van der Waals surface area contributed by atoms with Crippen LogP contribution in [0.4, 0.5) is 0 Å². The Bertz CT molecular complexity index is 1870. The van der Waals surface area contributed by atoms with Crippen LogP contribution in [0.2, 0.25) is 0 Å². The second kappa shape index (κ2) is 15.0. The molecule has 4 aromatic rings. The highest BCUT2D eigenvalue weighted by molar-refractivity contribution is 5.93. The monoisotopic (exact) mass is 682 g/mol. The molecule has 0 bridgehead atoms. The van der Waals surface area contributed by atoms with E-state index in [1.807, 2.05) is 0 Å². The molecule has 256 valence electrons. The van der Waals surface area contributed by atoms with E-state index in [0.29, 0.717) is 17.1 Å². The summed E-state index contributed by atoms with van der Waals surface area (Å²) < 4.78 is 43.7. The maximum absolute atomic E-state index is 12.9. The van der Waals surface area contributed by atoms with Crippen LogP contribution in [0.5, 0.6) is 23.0 Å². The van der Waals surface area contributed by atoms with Crippen LogP contribution in [0.25, 0.3) is 0 Å². The van der Waals surface area contributed by atoms with Gasteiger partial charge in [-0.05, 0) is 97.1 Å². The molecule has 0 aromatic heterocycles. The molecule has 13 nitrogen and oxygen atoms in total. The van der Waals surface area contributed by atoms with Gasteiger partial charge in [0.05, 0.1) is 42.6 Å². The number of rotatable bonds is 10. The molecule has 0 aliphatic carbocycles. The van der Waals surface area contributed by atoms with Crippen LogP contribution in [0, 0.1) is 0 Å². The number of hydrogen-bond donors (Lipinski definition) is 0. The van der Waals surface area contributed by atoms with Gasteiger partial charge in [0.25, 0.3) is 0 Å². The van der Waals surface area contributed by atoms with E-state index in [9.17, 15) is 24.0 Å². The quantitative estimate of drug-likeness (QED) is 0.169. The number of methoxy groups -OCH3 is 1. The van der Waals surface area contributed by atoms with E-state index in [0.717, 1.165) is 0 Å². The molecule has 2 aliphatic rings. The second-order valence-corrected chi connectivity index (χ2v) is 11.2. The summed E-state index contributed by atoms with van der Waals surface area (Å²) in [5.74, 6) is -1.60. The van der Waals surface area contributed by atoms with E-state index < -0.39 is 54.3 Å². The van der Waals surface area contributed by atoms with E-state index in [1.54, 1.807) is 24.3 Å². The van der Waals surface area contributed by atoms with Crippen LogP contribution in [0.15, 0.2) is 97.1 Å². The molecule has 0 N–H and O–H groups in total. The number of carbonyl (C=O) groups excluding carboxylic acids is 5. The number of ether oxygens (including phenoxy) is 8. The maximum atomic E-state index is 12.9. The highest BCUT2D eigenvalue weighted by atomic mass is 16.7. The van der Waals surface area contributed by atoms with E-state index in [-0.39, 0.29) is 41.4 Å². The molecule has 2 aliphatic heterocycles. The van der Waals surface area contributed by atoms with E-state index in [1.165, 1.54) is 86.8 Å². The van der Waals surface area contributed by atoms with Crippen molar-refractivity contribution < 1.29 is 61.9 Å². The number of carbonyl (C=O) groups is 5. The Morgan fingerprint density at radius 1 is 0.480 bits per heavy atom. The zero-order chi connectivity index (χ0) is 35.2. The summed E-state index contributed by atoms with van der Waals surface area (Å²) in [6, 6.07) is 24.1. The Morgan fingerprint density at radius 3 is 1.14 bits per heavy atom. The fraction of sp³-hybridized carbons (Fsp3) is 0.216. The third-order valence-electron chi connectivity index (χ3n) is 7.76. The molecule has 2 fully saturated rings. The molecule has 4 atom stereocenters. The largest absolute Gasteiger partial charge is 0.497 e. The fourth-order valence-corrected chi connectivity index (χ4v) is 5.24. The molecule has 0 saturated carbocycles. The van der Waals surface area contributed by atoms with Gasteiger partial charge in [-0.1, -0.05) is 0 Å². The van der Waals surface area contributed by atoms with Gasteiger partial charge in [0, 0.05) is 6.92 Å². The van der Waals surface area contributed by atoms with E-state index in [2.05, 4.69) is 0 Å². The standard InChI is InChI=1S/C37H30O13/c1-21(38)46-27-13-5-23(6-14-27)35(40)48-29-17-9-25(10-18-29)37(42)50-31-20-45-32-30(19-44-33(31)32)49-36(41)24-7-15-28(16-8-24)47-34(39)22-3-11-26(43-2)12-4-22/h3-18,30-33H,19-20H2,1-2H3. The summed E-state index contributed by atoms with van der Waals surface area (Å²) in [5.41, 5.74) is 1.01. The van der Waals surface area contributed by atoms with Gasteiger partial charge in [0.2, 0.25) is 0 Å². The summed E-state index contributed by atoms with van der Waals surface area (Å²) in [6.45, 7) is 1.35. The number of hydrogen-bond acceptors (Lipinski definition) is 13. The highest BCUT2D eigenvalue weighted by Crippen LogP contribution is 2.32. The smallest absolute Gasteiger partial charge is 0.343 e. The molecular formula is C37H30O13. The fourth-order valence-electron chi connectivity index (χ4n) is 5.24. The van der Waals surface area contributed by atoms with Crippen molar-refractivity contribution in [3.8, 4) is 23.0 Å². The normalized spacial score (nSPS) is 19.1. The minimum Gasteiger partial charge on any atom is -0.497 e. The summed E-state index contributed by atoms with van der Waals surface area (Å²) >= 11 is 0. The van der Waals surface area contributed by atoms with Crippen molar-refractivity contribution in [1.82, 2.24) is 0 Å². The molecule has 2 heterocycles. The lowest BCUT2D eigenvalue weighted by Crippen LogP contribution is -2.36. The highest BCUT2D eigenvalue weighted by Gasteiger charge is 2.51. The zero-order valence-corrected chi connectivity index (χ0v) is 26.8. The summed E-state index contributed by atoms with van der Waals surface area (Å²) in [7, 11) is 1.53. The number of benzene rings is 4. The minimum absolute atomic E-state index is 0.0370. The van der Waals surface area contributed by atoms with Crippen molar-refractivity contribution in [3.05, 3.63) is 119 Å². The molecule has 0 amide bonds. The van der Waals surface area contributed by atoms with Crippen molar-refractivity contribution in [2.75, 3.05) is 20.3 Å². The molecule has 0 spiro atoms. The van der Waals surface area contributed by atoms with Crippen molar-refractivity contribution >= 4 is 29.8 Å². The van der Waals surface area contributed by atoms with E-state index >= 15 is 0 Å². The molecule has 4 unspecified atom stereocenters. The van der Waals surface area contributed by atoms with Crippen LogP contribution in [-0.2, 0) is 23.7 Å². The molecular weight excluding hydrogens is 652 g/mol. The lowest BCUT2D eigenvalue weighted by atomic mass is 10.1. The van der Waals surface area contributed by atoms with Gasteiger partial charge in [-0.15, -0.1) is 0 Å². The minimum atomic E-state index is -0.747. The van der Waals surface area contributed by atoms with Crippen molar-refractivity contribution in [2.24, 2.45) is 0 Å². The maximum Gasteiger partial charge on any atom is 0.343 e. The topological polar surface area (TPSA) is 159 Å². The zero-order valence-electron chi connectivity index (χ0n) is 26.8. The predicted molar refractivity (Wildman–Crippen MR) is 171 cm³/mol. The average Bonchev–Trinajstić information content (AvgIpc) is 3.71. The first-order valence-corrected chi connectivity index (χ1v) is 15.4. The molecule has 6 rings (SSSR count). The van der Waals surface area contributed by atoms with Gasteiger partial charge in [0.15, 0.2) is 12.2 Å². The van der Waals surface area contributed by atoms with Crippen molar-refractivity contribution in [1.29, 1.82) is 0 Å². The first-order valence-electron chi connectivity index (χ1n) is 15.4. The van der Waals surface area contributed by atoms with Gasteiger partial charge >= 0.3 is 29.8 Å². The Balaban J connectivity index is 0.970. The van der Waals surface area contributed by atoms with Gasteiger partial charge in [-0.2, -0.15) is 0 Å². The first kappa shape index (κ1) is 33.8. The molecule has 0 radical (unpaired) electrons. The third kappa shape index (κ3) is 7.97. The summed E-state index contributed by atoms with van der Waals surface area (Å²) in [5, 5.41) is 0. The molecule has 13 heteroatoms. The lowest BCUT2D eigenvalue weighted by Gasteiger charge is -2.17. The van der Waals surface area contributed by atoms with E-state index in [4.69, 9.17) is 37.9 Å². The molecule has 50 heavy (non-hydrogen) atoms. The Morgan fingerprint density at radius 2 is 0.800 bits per heavy atom. The van der Waals surface area contributed by atoms with Crippen molar-refractivity contribution in [2.45, 2.75) is 31.3 Å². The Hall–Kier alpha value is -6.05. The summed E-state index contributed by atoms with van der Waals surface area (Å²) in [6.07, 6.45) is -2.78. The van der Waals surface area contributed by atoms with Gasteiger partial charge < -0.3 is 37.9 Å². The molecule has 4 aromatic carbocycles. The van der Waals surface area contributed by atoms with Crippen LogP contribution < -0.4 is 18.9 Å². The first-order chi connectivity index (χ1) is 24.2. The van der Waals surface area contributed by atoms with Crippen LogP contribution in [0.1, 0.15) is 48.4 Å². The predicted octanol–water partition coefficient (Wildman–Crippen LogP) is 4.61. The van der Waals surface area contributed by atoms with Crippen LogP contribution in [-0.4, -0.2) is 74.6 Å². The van der Waals surface area contributed by atoms with Crippen LogP contribution >= 0.6 is 0 Å². The average molecular weight is 683 g/mol. The summed E-state index contributed by atoms with van der Waals surface area (Å²) in [4.78, 5) is 61.8. The lowest BCUT2D eigenvalue weighted by molar-refractivity contribution is -0.131. The van der Waals surface area contributed by atoms with Gasteiger partial charge in [-0.25, -0.2) is 19.2 Å². The van der Waals surface area contributed by atoms with Gasteiger partial charge in [0.1, 0.15) is 35.2 Å². The SMILES string of the molecule is COc1ccc(C(=O)Oc2ccc(C(=O)OC3COC4C(OC(=O)c5ccc(OC(=O)c6ccc(OC(C)=O)cc6)cc5)COC34)cc2)cc1. The molecule has 2 saturated heterocycles. The number of esters is 5. The van der Waals surface area contributed by atoms with Crippen LogP contribution in [0.3, 0.4) is 0 Å². The third-order valence-corrected chi connectivity index (χ3v) is 7.76. The number of fused-ring (bicyclic) bond motifs is 1. The van der Waals surface area contributed by atoms with Crippen molar-refractivity contribution in [3.63, 3.8) is 0 Å². The Kier molecular flexibility index (Phi) is 10.2.